The van der Waals surface area contributed by atoms with Gasteiger partial charge in [0.2, 0.25) is 5.91 Å². The van der Waals surface area contributed by atoms with Crippen molar-refractivity contribution in [2.24, 2.45) is 5.92 Å². The molecule has 2 heterocycles. The lowest BCUT2D eigenvalue weighted by Crippen LogP contribution is -2.55. The Balaban J connectivity index is 1.93. The molecule has 1 saturated heterocycles. The fourth-order valence-corrected chi connectivity index (χ4v) is 6.57. The van der Waals surface area contributed by atoms with Gasteiger partial charge in [-0.15, -0.1) is 0 Å². The number of rotatable bonds is 7. The predicted octanol–water partition coefficient (Wildman–Crippen LogP) is 2.35. The Hall–Kier alpha value is -1.94. The van der Waals surface area contributed by atoms with Gasteiger partial charge >= 0.3 is 5.97 Å². The number of β-lactam (4-membered cyclic amide) rings is 1. The second kappa shape index (κ2) is 8.66. The number of ether oxygens (including phenoxy) is 3. The summed E-state index contributed by atoms with van der Waals surface area (Å²) in [6.07, 6.45) is -0.579. The van der Waals surface area contributed by atoms with Crippen molar-refractivity contribution in [3.8, 4) is 5.75 Å². The third kappa shape index (κ3) is 4.25. The lowest BCUT2D eigenvalue weighted by atomic mass is 9.86. The molecule has 9 heteroatoms. The molecular weight excluding hydrogens is 406 g/mol. The van der Waals surface area contributed by atoms with Crippen molar-refractivity contribution in [1.29, 1.82) is 0 Å². The minimum Gasteiger partial charge on any atom is -0.490 e. The van der Waals surface area contributed by atoms with E-state index in [-0.39, 0.29) is 42.6 Å². The van der Waals surface area contributed by atoms with Gasteiger partial charge in [0.1, 0.15) is 11.9 Å². The summed E-state index contributed by atoms with van der Waals surface area (Å²) in [5.74, 6) is 0.000997. The summed E-state index contributed by atoms with van der Waals surface area (Å²) in [7, 11) is -0.978. The third-order valence-corrected chi connectivity index (χ3v) is 8.47. The maximum atomic E-state index is 12.2. The van der Waals surface area contributed by atoms with Gasteiger partial charge in [-0.05, 0) is 37.7 Å². The van der Waals surface area contributed by atoms with Gasteiger partial charge in [0.25, 0.3) is 0 Å². The minimum absolute atomic E-state index is 0.0215. The summed E-state index contributed by atoms with van der Waals surface area (Å²) in [5.41, 5.74) is 1.27. The molecule has 0 saturated carbocycles. The van der Waals surface area contributed by atoms with Crippen LogP contribution in [0, 0.1) is 5.92 Å². The van der Waals surface area contributed by atoms with E-state index in [1.54, 1.807) is 19.2 Å². The van der Waals surface area contributed by atoms with E-state index in [1.807, 2.05) is 26.1 Å². The Morgan fingerprint density at radius 3 is 2.63 bits per heavy atom. The van der Waals surface area contributed by atoms with E-state index >= 15 is 0 Å². The summed E-state index contributed by atoms with van der Waals surface area (Å²) in [4.78, 5) is 35.7. The van der Waals surface area contributed by atoms with Crippen LogP contribution in [-0.2, 0) is 19.1 Å². The van der Waals surface area contributed by atoms with Crippen molar-refractivity contribution in [1.82, 2.24) is 0 Å². The van der Waals surface area contributed by atoms with Crippen molar-refractivity contribution >= 4 is 25.9 Å². The molecular formula is C21H31NO7Si. The molecule has 2 aliphatic rings. The van der Waals surface area contributed by atoms with Crippen molar-refractivity contribution in [2.45, 2.75) is 63.8 Å². The van der Waals surface area contributed by atoms with Gasteiger partial charge in [-0.2, -0.15) is 0 Å². The number of hydrogen-bond donors (Lipinski definition) is 2. The average molecular weight is 438 g/mol. The van der Waals surface area contributed by atoms with Crippen LogP contribution in [0.1, 0.15) is 38.4 Å². The highest BCUT2D eigenvalue weighted by atomic mass is 28.4. The number of aliphatic hydroxyl groups excluding tert-OH is 1. The van der Waals surface area contributed by atoms with E-state index in [0.717, 1.165) is 5.56 Å². The van der Waals surface area contributed by atoms with E-state index in [0.29, 0.717) is 17.9 Å². The topological polar surface area (TPSA) is 106 Å². The number of carbonyl (C=O) groups is 2. The summed E-state index contributed by atoms with van der Waals surface area (Å²) >= 11 is 0. The van der Waals surface area contributed by atoms with E-state index < -0.39 is 20.5 Å². The summed E-state index contributed by atoms with van der Waals surface area (Å²) in [5, 5.41) is 9.53. The first kappa shape index (κ1) is 22.7. The molecule has 2 N–H and O–H groups in total. The van der Waals surface area contributed by atoms with Gasteiger partial charge in [-0.3, -0.25) is 14.5 Å². The smallest absolute Gasteiger partial charge is 0.304 e. The van der Waals surface area contributed by atoms with Crippen molar-refractivity contribution in [3.05, 3.63) is 23.8 Å². The van der Waals surface area contributed by atoms with Crippen molar-refractivity contribution in [3.63, 3.8) is 0 Å². The van der Waals surface area contributed by atoms with Gasteiger partial charge in [-0.1, -0.05) is 6.92 Å². The van der Waals surface area contributed by atoms with Crippen molar-refractivity contribution < 1.29 is 33.7 Å². The monoisotopic (exact) mass is 437 g/mol. The molecule has 2 unspecified atom stereocenters. The van der Waals surface area contributed by atoms with Crippen molar-refractivity contribution in [2.75, 3.05) is 18.6 Å². The molecule has 3 rings (SSSR count). The Morgan fingerprint density at radius 2 is 2.10 bits per heavy atom. The zero-order valence-corrected chi connectivity index (χ0v) is 19.1. The maximum absolute atomic E-state index is 12.2. The zero-order valence-electron chi connectivity index (χ0n) is 18.1. The van der Waals surface area contributed by atoms with E-state index in [2.05, 4.69) is 0 Å². The van der Waals surface area contributed by atoms with Crippen LogP contribution in [0.5, 0.6) is 5.75 Å². The van der Waals surface area contributed by atoms with Crippen LogP contribution in [0.4, 0.5) is 5.69 Å². The number of fused-ring (bicyclic) bond motifs is 1. The number of benzene rings is 1. The maximum Gasteiger partial charge on any atom is 0.304 e. The Bertz CT molecular complexity index is 809. The fraction of sp³-hybridized carbons (Fsp3) is 0.619. The second-order valence-electron chi connectivity index (χ2n) is 8.62. The molecule has 0 aliphatic carbocycles. The van der Waals surface area contributed by atoms with Crippen LogP contribution in [0.15, 0.2) is 18.2 Å². The highest BCUT2D eigenvalue weighted by Gasteiger charge is 2.47. The van der Waals surface area contributed by atoms with Gasteiger partial charge < -0.3 is 24.1 Å². The number of hydrogen-bond acceptors (Lipinski definition) is 7. The molecule has 1 aromatic rings. The molecule has 5 atom stereocenters. The third-order valence-electron chi connectivity index (χ3n) is 6.04. The van der Waals surface area contributed by atoms with Crippen LogP contribution in [-0.4, -0.2) is 56.1 Å². The fourth-order valence-electron chi connectivity index (χ4n) is 4.56. The molecule has 0 spiro atoms. The molecule has 2 aliphatic heterocycles. The first-order valence-corrected chi connectivity index (χ1v) is 13.3. The number of esters is 1. The van der Waals surface area contributed by atoms with Crippen LogP contribution < -0.4 is 9.64 Å². The highest BCUT2D eigenvalue weighted by molar-refractivity contribution is 6.71. The van der Waals surface area contributed by atoms with Gasteiger partial charge in [-0.25, -0.2) is 0 Å². The number of carbonyl (C=O) groups excluding carboxylic acids is 2. The van der Waals surface area contributed by atoms with Crippen LogP contribution >= 0.6 is 0 Å². The van der Waals surface area contributed by atoms with Crippen LogP contribution in [0.25, 0.3) is 0 Å². The molecule has 1 fully saturated rings. The summed E-state index contributed by atoms with van der Waals surface area (Å²) in [6, 6.07) is 5.38. The average Bonchev–Trinajstić information content (AvgIpc) is 2.64. The van der Waals surface area contributed by atoms with Gasteiger partial charge in [0.05, 0.1) is 12.5 Å². The van der Waals surface area contributed by atoms with Crippen LogP contribution in [0.2, 0.25) is 18.6 Å². The standard InChI is InChI=1S/C21H31NO7Si/c1-12-20(27-3)15-10-14(22-18(25)11-19(22)28-13(2)24)6-7-16(15)29-21(12)17(8-9-23)30(4,5)26/h6-7,10,12,17,19-21,23,26H,8-9,11H2,1-5H3/t12-,17?,19?,20-,21-/m0/s1. The SMILES string of the molecule is CO[C@@H]1c2cc(N3C(=O)CC3OC(C)=O)ccc2O[C@H](C(CCO)[Si](C)(C)O)[C@H]1C. The molecule has 0 aromatic heterocycles. The summed E-state index contributed by atoms with van der Waals surface area (Å²) in [6.45, 7) is 7.02. The molecule has 1 aromatic carbocycles. The second-order valence-corrected chi connectivity index (χ2v) is 12.7. The molecule has 0 bridgehead atoms. The predicted molar refractivity (Wildman–Crippen MR) is 113 cm³/mol. The summed E-state index contributed by atoms with van der Waals surface area (Å²) < 4.78 is 17.3. The molecule has 166 valence electrons. The molecule has 8 nitrogen and oxygen atoms in total. The molecule has 1 amide bonds. The lowest BCUT2D eigenvalue weighted by molar-refractivity contribution is -0.153. The van der Waals surface area contributed by atoms with Gasteiger partial charge in [0.15, 0.2) is 14.5 Å². The largest absolute Gasteiger partial charge is 0.490 e. The first-order valence-electron chi connectivity index (χ1n) is 10.2. The quantitative estimate of drug-likeness (QED) is 0.383. The normalized spacial score (nSPS) is 27.0. The van der Waals surface area contributed by atoms with E-state index in [4.69, 9.17) is 14.2 Å². The molecule has 30 heavy (non-hydrogen) atoms. The zero-order chi connectivity index (χ0) is 22.2. The van der Waals surface area contributed by atoms with E-state index in [1.165, 1.54) is 11.8 Å². The number of amides is 1. The van der Waals surface area contributed by atoms with E-state index in [9.17, 15) is 19.5 Å². The first-order chi connectivity index (χ1) is 14.1. The number of nitrogens with zero attached hydrogens (tertiary/aromatic N) is 1. The Morgan fingerprint density at radius 1 is 1.40 bits per heavy atom. The number of methoxy groups -OCH3 is 1. The number of anilines is 1. The highest BCUT2D eigenvalue weighted by Crippen LogP contribution is 2.48. The van der Waals surface area contributed by atoms with Crippen LogP contribution in [0.3, 0.4) is 0 Å². The number of aliphatic hydroxyl groups is 1. The Labute approximate surface area is 177 Å². The van der Waals surface area contributed by atoms with Gasteiger partial charge in [0, 0.05) is 43.4 Å². The molecule has 0 radical (unpaired) electrons. The minimum atomic E-state index is -2.60. The lowest BCUT2D eigenvalue weighted by Gasteiger charge is -2.44. The Kier molecular flexibility index (Phi) is 6.56.